The van der Waals surface area contributed by atoms with Gasteiger partial charge in [-0.3, -0.25) is 4.90 Å². The van der Waals surface area contributed by atoms with Crippen molar-refractivity contribution in [3.05, 3.63) is 35.4 Å². The van der Waals surface area contributed by atoms with Crippen molar-refractivity contribution in [2.75, 3.05) is 19.6 Å². The Labute approximate surface area is 98.4 Å². The number of benzene rings is 1. The van der Waals surface area contributed by atoms with Gasteiger partial charge in [0.25, 0.3) is 0 Å². The quantitative estimate of drug-likeness (QED) is 0.843. The molecule has 1 fully saturated rings. The summed E-state index contributed by atoms with van der Waals surface area (Å²) in [6.07, 6.45) is 1.26. The number of nitrogens with two attached hydrogens (primary N) is 1. The van der Waals surface area contributed by atoms with Crippen molar-refractivity contribution in [3.63, 3.8) is 0 Å². The minimum atomic E-state index is 0.524. The van der Waals surface area contributed by atoms with Crippen LogP contribution < -0.4 is 5.73 Å². The number of rotatable bonds is 3. The van der Waals surface area contributed by atoms with Crippen LogP contribution in [0.2, 0.25) is 0 Å². The van der Waals surface area contributed by atoms with E-state index in [1.165, 1.54) is 24.1 Å². The third kappa shape index (κ3) is 2.45. The lowest BCUT2D eigenvalue weighted by Crippen LogP contribution is -2.26. The minimum Gasteiger partial charge on any atom is -0.330 e. The highest BCUT2D eigenvalue weighted by atomic mass is 15.2. The van der Waals surface area contributed by atoms with Crippen LogP contribution in [-0.2, 0) is 0 Å². The van der Waals surface area contributed by atoms with Crippen LogP contribution in [0.4, 0.5) is 0 Å². The first-order chi connectivity index (χ1) is 7.70. The van der Waals surface area contributed by atoms with Crippen molar-refractivity contribution in [1.29, 1.82) is 0 Å². The summed E-state index contributed by atoms with van der Waals surface area (Å²) >= 11 is 0. The van der Waals surface area contributed by atoms with E-state index in [2.05, 4.69) is 43.0 Å². The van der Waals surface area contributed by atoms with Gasteiger partial charge in [-0.25, -0.2) is 0 Å². The Balaban J connectivity index is 2.05. The van der Waals surface area contributed by atoms with E-state index in [9.17, 15) is 0 Å². The van der Waals surface area contributed by atoms with Gasteiger partial charge in [0.2, 0.25) is 0 Å². The smallest absolute Gasteiger partial charge is 0.0320 e. The number of nitrogens with zero attached hydrogens (tertiary/aromatic N) is 1. The van der Waals surface area contributed by atoms with Crippen LogP contribution in [0.1, 0.15) is 30.5 Å². The maximum absolute atomic E-state index is 5.73. The first kappa shape index (κ1) is 11.6. The highest BCUT2D eigenvalue weighted by molar-refractivity contribution is 5.24. The lowest BCUT2D eigenvalue weighted by Gasteiger charge is -2.25. The number of aryl methyl sites for hydroxylation is 1. The predicted molar refractivity (Wildman–Crippen MR) is 68.3 cm³/mol. The molecule has 88 valence electrons. The predicted octanol–water partition coefficient (Wildman–Crippen LogP) is 2.34. The second-order valence-electron chi connectivity index (χ2n) is 4.98. The zero-order chi connectivity index (χ0) is 11.5. The molecule has 0 radical (unpaired) electrons. The fraction of sp³-hybridized carbons (Fsp3) is 0.571. The fourth-order valence-corrected chi connectivity index (χ4v) is 2.55. The van der Waals surface area contributed by atoms with E-state index in [1.54, 1.807) is 0 Å². The molecule has 2 heteroatoms. The van der Waals surface area contributed by atoms with Crippen molar-refractivity contribution in [2.45, 2.75) is 26.3 Å². The zero-order valence-electron chi connectivity index (χ0n) is 10.3. The largest absolute Gasteiger partial charge is 0.330 e. The zero-order valence-corrected chi connectivity index (χ0v) is 10.3. The summed E-state index contributed by atoms with van der Waals surface area (Å²) < 4.78 is 0. The fourth-order valence-electron chi connectivity index (χ4n) is 2.55. The molecule has 1 aromatic rings. The summed E-state index contributed by atoms with van der Waals surface area (Å²) in [5.41, 5.74) is 8.51. The van der Waals surface area contributed by atoms with E-state index >= 15 is 0 Å². The van der Waals surface area contributed by atoms with Gasteiger partial charge in [0.1, 0.15) is 0 Å². The van der Waals surface area contributed by atoms with Crippen LogP contribution in [0.15, 0.2) is 24.3 Å². The van der Waals surface area contributed by atoms with Gasteiger partial charge in [-0.2, -0.15) is 0 Å². The van der Waals surface area contributed by atoms with Gasteiger partial charge < -0.3 is 5.73 Å². The monoisotopic (exact) mass is 218 g/mol. The molecule has 0 aliphatic carbocycles. The molecule has 1 heterocycles. The maximum atomic E-state index is 5.73. The van der Waals surface area contributed by atoms with Crippen LogP contribution in [0.3, 0.4) is 0 Å². The van der Waals surface area contributed by atoms with Crippen molar-refractivity contribution in [1.82, 2.24) is 4.90 Å². The molecule has 1 saturated heterocycles. The normalized spacial score (nSPS) is 23.6. The molecule has 0 amide bonds. The molecule has 2 nitrogen and oxygen atoms in total. The molecule has 1 aliphatic rings. The van der Waals surface area contributed by atoms with E-state index in [0.29, 0.717) is 12.0 Å². The maximum Gasteiger partial charge on any atom is 0.0320 e. The van der Waals surface area contributed by atoms with Crippen molar-refractivity contribution in [2.24, 2.45) is 11.7 Å². The van der Waals surface area contributed by atoms with E-state index in [0.717, 1.165) is 13.1 Å². The summed E-state index contributed by atoms with van der Waals surface area (Å²) in [5.74, 6) is 0.701. The molecule has 2 atom stereocenters. The molecule has 0 aromatic heterocycles. The highest BCUT2D eigenvalue weighted by Gasteiger charge is 2.25. The Hall–Kier alpha value is -0.860. The molecule has 2 N–H and O–H groups in total. The van der Waals surface area contributed by atoms with Crippen LogP contribution in [0.25, 0.3) is 0 Å². The molecule has 0 saturated carbocycles. The van der Waals surface area contributed by atoms with Gasteiger partial charge in [-0.05, 0) is 44.8 Å². The summed E-state index contributed by atoms with van der Waals surface area (Å²) in [7, 11) is 0. The molecule has 1 aliphatic heterocycles. The molecular weight excluding hydrogens is 196 g/mol. The lowest BCUT2D eigenvalue weighted by molar-refractivity contribution is 0.253. The first-order valence-corrected chi connectivity index (χ1v) is 6.21. The van der Waals surface area contributed by atoms with E-state index < -0.39 is 0 Å². The Morgan fingerprint density at radius 1 is 1.50 bits per heavy atom. The highest BCUT2D eigenvalue weighted by Crippen LogP contribution is 2.27. The Bertz CT molecular complexity index is 348. The van der Waals surface area contributed by atoms with Gasteiger partial charge in [0.15, 0.2) is 0 Å². The van der Waals surface area contributed by atoms with Gasteiger partial charge in [0, 0.05) is 12.6 Å². The first-order valence-electron chi connectivity index (χ1n) is 6.21. The van der Waals surface area contributed by atoms with Gasteiger partial charge in [-0.1, -0.05) is 29.8 Å². The van der Waals surface area contributed by atoms with E-state index in [-0.39, 0.29) is 0 Å². The van der Waals surface area contributed by atoms with Gasteiger partial charge in [0.05, 0.1) is 0 Å². The molecule has 0 spiro atoms. The molecule has 2 rings (SSSR count). The van der Waals surface area contributed by atoms with Crippen LogP contribution in [0.5, 0.6) is 0 Å². The lowest BCUT2D eigenvalue weighted by atomic mass is 10.0. The van der Waals surface area contributed by atoms with Crippen LogP contribution in [-0.4, -0.2) is 24.5 Å². The average molecular weight is 218 g/mol. The molecule has 0 bridgehead atoms. The number of hydrogen-bond acceptors (Lipinski definition) is 2. The summed E-state index contributed by atoms with van der Waals surface area (Å²) in [5, 5.41) is 0. The van der Waals surface area contributed by atoms with Gasteiger partial charge in [-0.15, -0.1) is 0 Å². The van der Waals surface area contributed by atoms with E-state index in [1.807, 2.05) is 0 Å². The Morgan fingerprint density at radius 3 is 2.94 bits per heavy atom. The van der Waals surface area contributed by atoms with Crippen molar-refractivity contribution < 1.29 is 0 Å². The topological polar surface area (TPSA) is 29.3 Å². The van der Waals surface area contributed by atoms with Crippen molar-refractivity contribution >= 4 is 0 Å². The molecule has 16 heavy (non-hydrogen) atoms. The van der Waals surface area contributed by atoms with Gasteiger partial charge >= 0.3 is 0 Å². The Kier molecular flexibility index (Phi) is 3.62. The van der Waals surface area contributed by atoms with Crippen molar-refractivity contribution in [3.8, 4) is 0 Å². The third-order valence-corrected chi connectivity index (χ3v) is 3.72. The third-order valence-electron chi connectivity index (χ3n) is 3.72. The molecular formula is C14H22N2. The summed E-state index contributed by atoms with van der Waals surface area (Å²) in [6, 6.07) is 9.35. The second kappa shape index (κ2) is 4.98. The minimum absolute atomic E-state index is 0.524. The second-order valence-corrected chi connectivity index (χ2v) is 4.98. The Morgan fingerprint density at radius 2 is 2.31 bits per heavy atom. The summed E-state index contributed by atoms with van der Waals surface area (Å²) in [4.78, 5) is 2.55. The number of hydrogen-bond donors (Lipinski definition) is 1. The SMILES string of the molecule is Cc1cccc(C(C)N2CCC(CN)C2)c1. The standard InChI is InChI=1S/C14H22N2/c1-11-4-3-5-14(8-11)12(2)16-7-6-13(9-15)10-16/h3-5,8,12-13H,6-7,9-10,15H2,1-2H3. The van der Waals surface area contributed by atoms with Crippen LogP contribution in [0, 0.1) is 12.8 Å². The number of likely N-dealkylation sites (tertiary alicyclic amines) is 1. The molecule has 1 aromatic carbocycles. The molecule has 2 unspecified atom stereocenters. The summed E-state index contributed by atoms with van der Waals surface area (Å²) in [6.45, 7) is 7.64. The van der Waals surface area contributed by atoms with E-state index in [4.69, 9.17) is 5.73 Å². The average Bonchev–Trinajstić information content (AvgIpc) is 2.76. The van der Waals surface area contributed by atoms with Crippen LogP contribution >= 0.6 is 0 Å².